The van der Waals surface area contributed by atoms with Crippen molar-refractivity contribution >= 4 is 11.7 Å². The number of nitrogens with zero attached hydrogens (tertiary/aromatic N) is 2. The van der Waals surface area contributed by atoms with Gasteiger partial charge in [-0.15, -0.1) is 0 Å². The van der Waals surface area contributed by atoms with Crippen LogP contribution in [0, 0.1) is 11.8 Å². The number of rotatable bonds is 1. The molecule has 0 radical (unpaired) electrons. The van der Waals surface area contributed by atoms with Crippen LogP contribution in [0.3, 0.4) is 0 Å². The van der Waals surface area contributed by atoms with Crippen molar-refractivity contribution in [2.24, 2.45) is 11.8 Å². The lowest BCUT2D eigenvalue weighted by atomic mass is 9.55. The predicted octanol–water partition coefficient (Wildman–Crippen LogP) is 3.27. The van der Waals surface area contributed by atoms with Crippen molar-refractivity contribution in [1.29, 1.82) is 0 Å². The number of aliphatic hydroxyl groups is 1. The maximum Gasteiger partial charge on any atom is 0.234 e. The molecule has 132 valence electrons. The number of amides is 1. The quantitative estimate of drug-likeness (QED) is 0.730. The molecule has 7 rings (SSSR count). The minimum atomic E-state index is -0.869. The van der Waals surface area contributed by atoms with Gasteiger partial charge < -0.3 is 5.11 Å². The highest BCUT2D eigenvalue weighted by atomic mass is 16.3. The molecule has 1 fully saturated rings. The zero-order valence-electron chi connectivity index (χ0n) is 14.6. The van der Waals surface area contributed by atoms with E-state index in [1.54, 1.807) is 12.3 Å². The van der Waals surface area contributed by atoms with Gasteiger partial charge in [-0.05, 0) is 34.4 Å². The van der Waals surface area contributed by atoms with E-state index in [1.807, 2.05) is 24.3 Å². The first-order valence-corrected chi connectivity index (χ1v) is 9.37. The highest BCUT2D eigenvalue weighted by molar-refractivity contribution is 5.99. The van der Waals surface area contributed by atoms with Gasteiger partial charge >= 0.3 is 0 Å². The summed E-state index contributed by atoms with van der Waals surface area (Å²) in [6, 6.07) is 22.2. The van der Waals surface area contributed by atoms with Crippen LogP contribution in [0.15, 0.2) is 72.9 Å². The zero-order chi connectivity index (χ0) is 18.1. The van der Waals surface area contributed by atoms with Gasteiger partial charge in [-0.25, -0.2) is 4.98 Å². The number of carbonyl (C=O) groups is 1. The van der Waals surface area contributed by atoms with Crippen molar-refractivity contribution in [2.45, 2.75) is 18.1 Å². The summed E-state index contributed by atoms with van der Waals surface area (Å²) in [6.45, 7) is 0. The zero-order valence-corrected chi connectivity index (χ0v) is 14.6. The summed E-state index contributed by atoms with van der Waals surface area (Å²) >= 11 is 0. The van der Waals surface area contributed by atoms with Crippen LogP contribution >= 0.6 is 0 Å². The molecule has 1 amide bonds. The number of hydrogen-bond acceptors (Lipinski definition) is 3. The Labute approximate surface area is 157 Å². The molecule has 3 atom stereocenters. The van der Waals surface area contributed by atoms with E-state index in [1.165, 1.54) is 27.2 Å². The third-order valence-corrected chi connectivity index (χ3v) is 6.52. The Balaban J connectivity index is 1.58. The SMILES string of the molecule is O=C1C2C3c4ccccc4C(c4ccccc43)C2[C@@H](O)N1c1ccccn1. The molecule has 1 N–H and O–H groups in total. The molecule has 27 heavy (non-hydrogen) atoms. The molecule has 3 aromatic rings. The largest absolute Gasteiger partial charge is 0.373 e. The highest BCUT2D eigenvalue weighted by Crippen LogP contribution is 2.62. The van der Waals surface area contributed by atoms with Crippen LogP contribution in [0.5, 0.6) is 0 Å². The number of hydrogen-bond donors (Lipinski definition) is 1. The maximum atomic E-state index is 13.5. The van der Waals surface area contributed by atoms with Crippen LogP contribution in [-0.4, -0.2) is 22.2 Å². The molecule has 4 aliphatic rings. The number of pyridine rings is 1. The Morgan fingerprint density at radius 2 is 1.33 bits per heavy atom. The second-order valence-electron chi connectivity index (χ2n) is 7.63. The molecule has 1 saturated heterocycles. The third kappa shape index (κ3) is 1.81. The van der Waals surface area contributed by atoms with Crippen molar-refractivity contribution in [3.05, 3.63) is 95.2 Å². The van der Waals surface area contributed by atoms with Gasteiger partial charge in [0, 0.05) is 24.0 Å². The van der Waals surface area contributed by atoms with Crippen molar-refractivity contribution in [1.82, 2.24) is 4.98 Å². The van der Waals surface area contributed by atoms with E-state index in [4.69, 9.17) is 0 Å². The van der Waals surface area contributed by atoms with Gasteiger partial charge in [0.1, 0.15) is 12.0 Å². The van der Waals surface area contributed by atoms with Crippen molar-refractivity contribution in [2.75, 3.05) is 4.90 Å². The van der Waals surface area contributed by atoms with Crippen LogP contribution in [0.2, 0.25) is 0 Å². The van der Waals surface area contributed by atoms with Gasteiger partial charge in [-0.1, -0.05) is 54.6 Å². The molecule has 4 heteroatoms. The van der Waals surface area contributed by atoms with E-state index in [-0.39, 0.29) is 29.6 Å². The highest BCUT2D eigenvalue weighted by Gasteiger charge is 2.61. The van der Waals surface area contributed by atoms with Crippen LogP contribution in [0.1, 0.15) is 34.1 Å². The van der Waals surface area contributed by atoms with E-state index in [0.717, 1.165) is 0 Å². The van der Waals surface area contributed by atoms with Crippen molar-refractivity contribution in [3.8, 4) is 0 Å². The van der Waals surface area contributed by atoms with Gasteiger partial charge in [-0.2, -0.15) is 0 Å². The number of aliphatic hydroxyl groups excluding tert-OH is 1. The smallest absolute Gasteiger partial charge is 0.234 e. The molecule has 2 unspecified atom stereocenters. The lowest BCUT2D eigenvalue weighted by Crippen LogP contribution is -2.42. The van der Waals surface area contributed by atoms with Crippen molar-refractivity contribution in [3.63, 3.8) is 0 Å². The fourth-order valence-electron chi connectivity index (χ4n) is 5.59. The van der Waals surface area contributed by atoms with Gasteiger partial charge in [0.25, 0.3) is 0 Å². The summed E-state index contributed by atoms with van der Waals surface area (Å²) in [5.41, 5.74) is 4.95. The van der Waals surface area contributed by atoms with Gasteiger partial charge in [-0.3, -0.25) is 9.69 Å². The third-order valence-electron chi connectivity index (χ3n) is 6.52. The Bertz CT molecular complexity index is 1020. The molecule has 1 aliphatic heterocycles. The molecule has 2 bridgehead atoms. The fraction of sp³-hybridized carbons (Fsp3) is 0.217. The number of benzene rings is 2. The Morgan fingerprint density at radius 1 is 0.778 bits per heavy atom. The van der Waals surface area contributed by atoms with E-state index >= 15 is 0 Å². The van der Waals surface area contributed by atoms with Gasteiger partial charge in [0.05, 0.1) is 5.92 Å². The van der Waals surface area contributed by atoms with Gasteiger partial charge in [0.2, 0.25) is 5.91 Å². The van der Waals surface area contributed by atoms with E-state index in [0.29, 0.717) is 5.82 Å². The number of carbonyl (C=O) groups excluding carboxylic acids is 1. The van der Waals surface area contributed by atoms with E-state index in [9.17, 15) is 9.90 Å². The molecule has 2 heterocycles. The number of aromatic nitrogens is 1. The lowest BCUT2D eigenvalue weighted by Gasteiger charge is -2.47. The number of anilines is 1. The summed E-state index contributed by atoms with van der Waals surface area (Å²) in [5, 5.41) is 11.2. The molecular formula is C23H18N2O2. The Kier molecular flexibility index (Phi) is 2.95. The molecule has 2 aromatic carbocycles. The summed E-state index contributed by atoms with van der Waals surface area (Å²) in [6.07, 6.45) is 0.793. The summed E-state index contributed by atoms with van der Waals surface area (Å²) in [5.74, 6) is 0.108. The maximum absolute atomic E-state index is 13.5. The first-order chi connectivity index (χ1) is 13.3. The molecule has 0 saturated carbocycles. The normalized spacial score (nSPS) is 30.0. The first kappa shape index (κ1) is 15.1. The summed E-state index contributed by atoms with van der Waals surface area (Å²) in [4.78, 5) is 19.3. The van der Waals surface area contributed by atoms with Crippen molar-refractivity contribution < 1.29 is 9.90 Å². The minimum absolute atomic E-state index is 0.0109. The fourth-order valence-corrected chi connectivity index (χ4v) is 5.59. The molecule has 4 nitrogen and oxygen atoms in total. The topological polar surface area (TPSA) is 53.4 Å². The van der Waals surface area contributed by atoms with Crippen LogP contribution in [-0.2, 0) is 4.79 Å². The minimum Gasteiger partial charge on any atom is -0.373 e. The standard InChI is InChI=1S/C23H18N2O2/c26-22-20-18-13-7-1-2-8-14(13)19(16-10-4-3-9-15(16)18)21(20)23(27)25(22)17-11-5-6-12-24-17/h1-12,18-22,26H/t18?,19?,20?,21?,22-/m1/s1. The molecule has 3 aliphatic carbocycles. The molecular weight excluding hydrogens is 336 g/mol. The lowest BCUT2D eigenvalue weighted by molar-refractivity contribution is -0.121. The predicted molar refractivity (Wildman–Crippen MR) is 101 cm³/mol. The average molecular weight is 354 g/mol. The first-order valence-electron chi connectivity index (χ1n) is 9.37. The van der Waals surface area contributed by atoms with E-state index < -0.39 is 6.23 Å². The van der Waals surface area contributed by atoms with Crippen LogP contribution in [0.25, 0.3) is 0 Å². The Hall–Kier alpha value is -2.98. The Morgan fingerprint density at radius 3 is 1.89 bits per heavy atom. The summed E-state index contributed by atoms with van der Waals surface area (Å²) < 4.78 is 0. The van der Waals surface area contributed by atoms with Gasteiger partial charge in [0.15, 0.2) is 0 Å². The second kappa shape index (κ2) is 5.27. The second-order valence-corrected chi connectivity index (χ2v) is 7.63. The monoisotopic (exact) mass is 354 g/mol. The molecule has 0 spiro atoms. The summed E-state index contributed by atoms with van der Waals surface area (Å²) in [7, 11) is 0. The average Bonchev–Trinajstić information content (AvgIpc) is 3.00. The van der Waals surface area contributed by atoms with E-state index in [2.05, 4.69) is 41.4 Å². The molecule has 1 aromatic heterocycles. The van der Waals surface area contributed by atoms with Crippen LogP contribution < -0.4 is 4.90 Å². The van der Waals surface area contributed by atoms with Crippen LogP contribution in [0.4, 0.5) is 5.82 Å².